The molecule has 0 atom stereocenters. The van der Waals surface area contributed by atoms with Gasteiger partial charge >= 0.3 is 23.9 Å². The second kappa shape index (κ2) is 14.1. The molecule has 0 bridgehead atoms. The molecule has 218 valence electrons. The van der Waals surface area contributed by atoms with E-state index in [1.165, 1.54) is 47.4 Å². The molecule has 0 aromatic carbocycles. The van der Waals surface area contributed by atoms with Gasteiger partial charge in [0.05, 0.1) is 52.7 Å². The van der Waals surface area contributed by atoms with Gasteiger partial charge < -0.3 is 33.8 Å². The quantitative estimate of drug-likeness (QED) is 0.206. The first-order valence-corrected chi connectivity index (χ1v) is 12.4. The number of hydrogen-bond acceptors (Lipinski definition) is 10. The smallest absolute Gasteiger partial charge is 0.310 e. The van der Waals surface area contributed by atoms with Crippen molar-refractivity contribution < 1.29 is 47.7 Å². The van der Waals surface area contributed by atoms with Gasteiger partial charge in [-0.1, -0.05) is 0 Å². The fourth-order valence-corrected chi connectivity index (χ4v) is 4.29. The van der Waals surface area contributed by atoms with Gasteiger partial charge in [0.15, 0.2) is 0 Å². The lowest BCUT2D eigenvalue weighted by Gasteiger charge is -2.11. The number of H-pyrrole nitrogens is 2. The number of aromatic nitrogens is 2. The third-order valence-corrected chi connectivity index (χ3v) is 6.43. The summed E-state index contributed by atoms with van der Waals surface area (Å²) in [5.41, 5.74) is 1.90. The number of ether oxygens (including phenoxy) is 4. The molecular formula is C27H35N3O10. The minimum absolute atomic E-state index is 0.00420. The van der Waals surface area contributed by atoms with Crippen LogP contribution in [0.5, 0.6) is 0 Å². The van der Waals surface area contributed by atoms with Crippen LogP contribution in [0.3, 0.4) is 0 Å². The van der Waals surface area contributed by atoms with Crippen LogP contribution < -0.4 is 0 Å². The van der Waals surface area contributed by atoms with E-state index in [1.54, 1.807) is 6.92 Å². The molecule has 2 heterocycles. The zero-order valence-electron chi connectivity index (χ0n) is 23.8. The molecule has 0 saturated carbocycles. The van der Waals surface area contributed by atoms with E-state index >= 15 is 0 Å². The summed E-state index contributed by atoms with van der Waals surface area (Å²) in [6.45, 7) is 1.67. The zero-order valence-corrected chi connectivity index (χ0v) is 23.8. The lowest BCUT2D eigenvalue weighted by Crippen LogP contribution is -2.23. The van der Waals surface area contributed by atoms with Gasteiger partial charge in [0.25, 0.3) is 5.91 Å². The Kier molecular flexibility index (Phi) is 11.2. The van der Waals surface area contributed by atoms with Gasteiger partial charge in [0, 0.05) is 32.6 Å². The largest absolute Gasteiger partial charge is 0.469 e. The molecule has 13 nitrogen and oxygen atoms in total. The second-order valence-electron chi connectivity index (χ2n) is 9.10. The molecule has 2 N–H and O–H groups in total. The van der Waals surface area contributed by atoms with E-state index < -0.39 is 35.6 Å². The number of carbonyl (C=O) groups excluding carboxylic acids is 6. The summed E-state index contributed by atoms with van der Waals surface area (Å²) < 4.78 is 19.1. The van der Waals surface area contributed by atoms with Gasteiger partial charge in [0.1, 0.15) is 5.69 Å². The van der Waals surface area contributed by atoms with Gasteiger partial charge in [-0.25, -0.2) is 0 Å². The van der Waals surface area contributed by atoms with Crippen LogP contribution in [0.4, 0.5) is 0 Å². The number of ketones is 1. The van der Waals surface area contributed by atoms with Gasteiger partial charge in [-0.05, 0) is 42.0 Å². The maximum atomic E-state index is 14.1. The first-order chi connectivity index (χ1) is 18.9. The molecule has 13 heteroatoms. The Balaban J connectivity index is 2.79. The van der Waals surface area contributed by atoms with Crippen molar-refractivity contribution in [2.45, 2.75) is 45.4 Å². The number of aromatic amines is 2. The minimum atomic E-state index is -0.670. The summed E-state index contributed by atoms with van der Waals surface area (Å²) >= 11 is 0. The molecule has 1 amide bonds. The highest BCUT2D eigenvalue weighted by molar-refractivity contribution is 6.11. The topological polar surface area (TPSA) is 174 Å². The van der Waals surface area contributed by atoms with Crippen LogP contribution in [-0.2, 0) is 63.8 Å². The van der Waals surface area contributed by atoms with Crippen LogP contribution in [0.2, 0.25) is 0 Å². The fraction of sp³-hybridized carbons (Fsp3) is 0.481. The van der Waals surface area contributed by atoms with E-state index in [0.717, 1.165) is 0 Å². The Hall–Kier alpha value is -4.42. The standard InChI is InChI=1S/C27H35N3O10/c1-14-17(12-21(33)39-6)15(8-10-19(31)37-4)23(28-14)26(35)24-18(13-22(34)40-7)16(9-11-20(32)38-5)25(29-24)27(36)30(2)3/h28-29H,8-13H2,1-7H3. The highest BCUT2D eigenvalue weighted by Gasteiger charge is 2.31. The van der Waals surface area contributed by atoms with Crippen LogP contribution in [-0.4, -0.2) is 93.0 Å². The normalized spacial score (nSPS) is 10.6. The van der Waals surface area contributed by atoms with Crippen LogP contribution in [0, 0.1) is 6.92 Å². The Labute approximate surface area is 231 Å². The Bertz CT molecular complexity index is 1300. The van der Waals surface area contributed by atoms with Crippen molar-refractivity contribution in [3.8, 4) is 0 Å². The molecule has 0 fully saturated rings. The van der Waals surface area contributed by atoms with Crippen LogP contribution in [0.25, 0.3) is 0 Å². The number of aryl methyl sites for hydroxylation is 1. The molecule has 0 saturated heterocycles. The molecule has 2 aromatic rings. The number of nitrogens with zero attached hydrogens (tertiary/aromatic N) is 1. The first kappa shape index (κ1) is 31.8. The van der Waals surface area contributed by atoms with Gasteiger partial charge in [-0.15, -0.1) is 0 Å². The maximum absolute atomic E-state index is 14.1. The lowest BCUT2D eigenvalue weighted by atomic mass is 9.95. The monoisotopic (exact) mass is 561 g/mol. The molecule has 2 rings (SSSR count). The van der Waals surface area contributed by atoms with Crippen LogP contribution in [0.1, 0.15) is 67.5 Å². The number of carbonyl (C=O) groups is 6. The Morgan fingerprint density at radius 3 is 1.48 bits per heavy atom. The third kappa shape index (κ3) is 7.36. The van der Waals surface area contributed by atoms with E-state index in [9.17, 15) is 28.8 Å². The number of nitrogens with one attached hydrogen (secondary N) is 2. The predicted molar refractivity (Wildman–Crippen MR) is 140 cm³/mol. The van der Waals surface area contributed by atoms with E-state index in [-0.39, 0.29) is 61.2 Å². The highest BCUT2D eigenvalue weighted by Crippen LogP contribution is 2.29. The lowest BCUT2D eigenvalue weighted by molar-refractivity contribution is -0.141. The van der Waals surface area contributed by atoms with Crippen molar-refractivity contribution in [1.29, 1.82) is 0 Å². The molecule has 0 aliphatic heterocycles. The summed E-state index contributed by atoms with van der Waals surface area (Å²) in [7, 11) is 7.94. The van der Waals surface area contributed by atoms with Crippen LogP contribution >= 0.6 is 0 Å². The SMILES string of the molecule is COC(=O)CCc1c(C(=O)c2[nH]c(C(=O)N(C)C)c(CCC(=O)OC)c2CC(=O)OC)[nH]c(C)c1CC(=O)OC. The van der Waals surface area contributed by atoms with E-state index in [1.807, 2.05) is 0 Å². The highest BCUT2D eigenvalue weighted by atomic mass is 16.5. The van der Waals surface area contributed by atoms with Gasteiger partial charge in [-0.2, -0.15) is 0 Å². The van der Waals surface area contributed by atoms with Crippen molar-refractivity contribution in [3.63, 3.8) is 0 Å². The van der Waals surface area contributed by atoms with E-state index in [4.69, 9.17) is 18.9 Å². The number of rotatable bonds is 13. The summed E-state index contributed by atoms with van der Waals surface area (Å²) in [6.07, 6.45) is -0.634. The number of esters is 4. The van der Waals surface area contributed by atoms with Crippen LogP contribution in [0.15, 0.2) is 0 Å². The number of amides is 1. The van der Waals surface area contributed by atoms with E-state index in [2.05, 4.69) is 9.97 Å². The molecule has 0 unspecified atom stereocenters. The fourth-order valence-electron chi connectivity index (χ4n) is 4.29. The average molecular weight is 562 g/mol. The molecule has 0 aliphatic rings. The zero-order chi connectivity index (χ0) is 30.1. The third-order valence-electron chi connectivity index (χ3n) is 6.43. The Morgan fingerprint density at radius 1 is 0.600 bits per heavy atom. The van der Waals surface area contributed by atoms with Gasteiger partial charge in [-0.3, -0.25) is 28.8 Å². The molecule has 0 aliphatic carbocycles. The minimum Gasteiger partial charge on any atom is -0.469 e. The number of methoxy groups -OCH3 is 4. The Morgan fingerprint density at radius 2 is 1.02 bits per heavy atom. The van der Waals surface area contributed by atoms with Crippen molar-refractivity contribution in [1.82, 2.24) is 14.9 Å². The predicted octanol–water partition coefficient (Wildman–Crippen LogP) is 1.23. The number of hydrogen-bond donors (Lipinski definition) is 2. The second-order valence-corrected chi connectivity index (χ2v) is 9.10. The van der Waals surface area contributed by atoms with Crippen molar-refractivity contribution in [3.05, 3.63) is 45.0 Å². The van der Waals surface area contributed by atoms with Crippen molar-refractivity contribution in [2.24, 2.45) is 0 Å². The summed E-state index contributed by atoms with van der Waals surface area (Å²) in [6, 6.07) is 0. The van der Waals surface area contributed by atoms with E-state index in [0.29, 0.717) is 22.4 Å². The summed E-state index contributed by atoms with van der Waals surface area (Å²) in [5.74, 6) is -3.37. The summed E-state index contributed by atoms with van der Waals surface area (Å²) in [5, 5.41) is 0. The molecule has 0 spiro atoms. The molecule has 0 radical (unpaired) electrons. The molecular weight excluding hydrogens is 526 g/mol. The molecule has 40 heavy (non-hydrogen) atoms. The average Bonchev–Trinajstić information content (AvgIpc) is 3.45. The maximum Gasteiger partial charge on any atom is 0.310 e. The first-order valence-electron chi connectivity index (χ1n) is 12.4. The molecule has 2 aromatic heterocycles. The van der Waals surface area contributed by atoms with Crippen molar-refractivity contribution >= 4 is 35.6 Å². The van der Waals surface area contributed by atoms with Crippen molar-refractivity contribution in [2.75, 3.05) is 42.5 Å². The van der Waals surface area contributed by atoms with Gasteiger partial charge in [0.2, 0.25) is 5.78 Å². The summed E-state index contributed by atoms with van der Waals surface area (Å²) in [4.78, 5) is 82.7.